The lowest BCUT2D eigenvalue weighted by Crippen LogP contribution is -2.09. The SMILES string of the molecule is COc1ccc(Br)cc1/C=C/C(=O)Nc1cc(-c2nc3cc(C)ccc3o2)ccc1C. The monoisotopic (exact) mass is 476 g/mol. The summed E-state index contributed by atoms with van der Waals surface area (Å²) in [6, 6.07) is 17.3. The summed E-state index contributed by atoms with van der Waals surface area (Å²) in [5, 5.41) is 2.94. The van der Waals surface area contributed by atoms with Gasteiger partial charge in [-0.3, -0.25) is 4.79 Å². The number of amides is 1. The van der Waals surface area contributed by atoms with Gasteiger partial charge in [0.1, 0.15) is 11.3 Å². The van der Waals surface area contributed by atoms with Crippen LogP contribution < -0.4 is 10.1 Å². The number of carbonyl (C=O) groups is 1. The average Bonchev–Trinajstić information content (AvgIpc) is 3.17. The van der Waals surface area contributed by atoms with E-state index in [-0.39, 0.29) is 5.91 Å². The Morgan fingerprint density at radius 3 is 2.74 bits per heavy atom. The van der Waals surface area contributed by atoms with Crippen LogP contribution in [0.1, 0.15) is 16.7 Å². The van der Waals surface area contributed by atoms with Crippen molar-refractivity contribution in [1.82, 2.24) is 4.98 Å². The van der Waals surface area contributed by atoms with Gasteiger partial charge in [-0.05, 0) is 73.5 Å². The van der Waals surface area contributed by atoms with Crippen molar-refractivity contribution in [3.05, 3.63) is 81.8 Å². The molecule has 0 unspecified atom stereocenters. The quantitative estimate of drug-likeness (QED) is 0.332. The van der Waals surface area contributed by atoms with Gasteiger partial charge in [-0.1, -0.05) is 28.1 Å². The normalized spacial score (nSPS) is 11.2. The lowest BCUT2D eigenvalue weighted by atomic mass is 10.1. The number of methoxy groups -OCH3 is 1. The zero-order valence-electron chi connectivity index (χ0n) is 17.4. The number of carbonyl (C=O) groups excluding carboxylic acids is 1. The topological polar surface area (TPSA) is 64.4 Å². The van der Waals surface area contributed by atoms with Crippen molar-refractivity contribution in [2.75, 3.05) is 12.4 Å². The zero-order chi connectivity index (χ0) is 22.0. The third-order valence-corrected chi connectivity index (χ3v) is 5.38. The molecule has 0 aliphatic carbocycles. The molecule has 3 aromatic carbocycles. The molecule has 0 atom stereocenters. The van der Waals surface area contributed by atoms with E-state index < -0.39 is 0 Å². The Bertz CT molecular complexity index is 1310. The van der Waals surface area contributed by atoms with Crippen LogP contribution in [0.15, 0.2) is 69.6 Å². The molecule has 4 rings (SSSR count). The van der Waals surface area contributed by atoms with E-state index in [0.717, 1.165) is 37.8 Å². The smallest absolute Gasteiger partial charge is 0.248 e. The molecule has 5 nitrogen and oxygen atoms in total. The lowest BCUT2D eigenvalue weighted by Gasteiger charge is -2.08. The summed E-state index contributed by atoms with van der Waals surface area (Å²) >= 11 is 3.44. The van der Waals surface area contributed by atoms with Crippen LogP contribution in [0.2, 0.25) is 0 Å². The maximum Gasteiger partial charge on any atom is 0.248 e. The van der Waals surface area contributed by atoms with E-state index >= 15 is 0 Å². The third-order valence-electron chi connectivity index (χ3n) is 4.89. The van der Waals surface area contributed by atoms with Crippen LogP contribution in [0, 0.1) is 13.8 Å². The third kappa shape index (κ3) is 4.70. The highest BCUT2D eigenvalue weighted by Gasteiger charge is 2.11. The fraction of sp³-hybridized carbons (Fsp3) is 0.120. The predicted molar refractivity (Wildman–Crippen MR) is 127 cm³/mol. The molecule has 1 amide bonds. The van der Waals surface area contributed by atoms with Crippen molar-refractivity contribution in [3.8, 4) is 17.2 Å². The molecule has 6 heteroatoms. The number of nitrogens with zero attached hydrogens (tertiary/aromatic N) is 1. The highest BCUT2D eigenvalue weighted by atomic mass is 79.9. The largest absolute Gasteiger partial charge is 0.496 e. The maximum atomic E-state index is 12.6. The van der Waals surface area contributed by atoms with E-state index in [1.165, 1.54) is 6.08 Å². The van der Waals surface area contributed by atoms with Gasteiger partial charge in [0.15, 0.2) is 5.58 Å². The Kier molecular flexibility index (Phi) is 5.91. The number of halogens is 1. The van der Waals surface area contributed by atoms with Gasteiger partial charge < -0.3 is 14.5 Å². The number of benzene rings is 3. The van der Waals surface area contributed by atoms with Crippen molar-refractivity contribution >= 4 is 44.7 Å². The highest BCUT2D eigenvalue weighted by molar-refractivity contribution is 9.10. The molecule has 0 aliphatic heterocycles. The minimum absolute atomic E-state index is 0.240. The molecule has 156 valence electrons. The van der Waals surface area contributed by atoms with Gasteiger partial charge in [-0.2, -0.15) is 0 Å². The van der Waals surface area contributed by atoms with Gasteiger partial charge in [0.2, 0.25) is 11.8 Å². The minimum Gasteiger partial charge on any atom is -0.496 e. The van der Waals surface area contributed by atoms with Crippen LogP contribution in [0.25, 0.3) is 28.6 Å². The second-order valence-electron chi connectivity index (χ2n) is 7.23. The fourth-order valence-electron chi connectivity index (χ4n) is 3.23. The van der Waals surface area contributed by atoms with Gasteiger partial charge >= 0.3 is 0 Å². The van der Waals surface area contributed by atoms with E-state index in [9.17, 15) is 4.79 Å². The van der Waals surface area contributed by atoms with E-state index in [0.29, 0.717) is 17.3 Å². The number of hydrogen-bond donors (Lipinski definition) is 1. The Balaban J connectivity index is 1.57. The van der Waals surface area contributed by atoms with Crippen LogP contribution in [0.5, 0.6) is 5.75 Å². The number of fused-ring (bicyclic) bond motifs is 1. The van der Waals surface area contributed by atoms with Gasteiger partial charge in [0.05, 0.1) is 7.11 Å². The molecule has 0 saturated heterocycles. The van der Waals surface area contributed by atoms with Crippen LogP contribution in [0.4, 0.5) is 5.69 Å². The van der Waals surface area contributed by atoms with Gasteiger partial charge in [-0.25, -0.2) is 4.98 Å². The molecule has 4 aromatic rings. The first kappa shape index (κ1) is 20.9. The van der Waals surface area contributed by atoms with Crippen molar-refractivity contribution < 1.29 is 13.9 Å². The Morgan fingerprint density at radius 1 is 1.10 bits per heavy atom. The number of aromatic nitrogens is 1. The fourth-order valence-corrected chi connectivity index (χ4v) is 3.60. The Labute approximate surface area is 188 Å². The molecule has 0 aliphatic rings. The number of hydrogen-bond acceptors (Lipinski definition) is 4. The van der Waals surface area contributed by atoms with Crippen LogP contribution in [0.3, 0.4) is 0 Å². The minimum atomic E-state index is -0.240. The van der Waals surface area contributed by atoms with Crippen LogP contribution >= 0.6 is 15.9 Å². The second kappa shape index (κ2) is 8.78. The van der Waals surface area contributed by atoms with E-state index in [1.807, 2.05) is 68.4 Å². The van der Waals surface area contributed by atoms with Crippen LogP contribution in [-0.4, -0.2) is 18.0 Å². The summed E-state index contributed by atoms with van der Waals surface area (Å²) in [7, 11) is 1.60. The molecule has 0 saturated carbocycles. The van der Waals surface area contributed by atoms with Gasteiger partial charge in [0, 0.05) is 27.4 Å². The maximum absolute atomic E-state index is 12.6. The summed E-state index contributed by atoms with van der Waals surface area (Å²) in [5.41, 5.74) is 5.92. The summed E-state index contributed by atoms with van der Waals surface area (Å²) in [4.78, 5) is 17.1. The molecule has 1 heterocycles. The van der Waals surface area contributed by atoms with Crippen LogP contribution in [-0.2, 0) is 4.79 Å². The van der Waals surface area contributed by atoms with Gasteiger partial charge in [-0.15, -0.1) is 0 Å². The average molecular weight is 477 g/mol. The first-order valence-corrected chi connectivity index (χ1v) is 10.5. The van der Waals surface area contributed by atoms with Crippen molar-refractivity contribution in [3.63, 3.8) is 0 Å². The van der Waals surface area contributed by atoms with Crippen molar-refractivity contribution in [1.29, 1.82) is 0 Å². The first-order valence-electron chi connectivity index (χ1n) is 9.74. The molecule has 0 bridgehead atoms. The van der Waals surface area contributed by atoms with E-state index in [1.54, 1.807) is 13.2 Å². The standard InChI is InChI=1S/C25H21BrN2O3/c1-15-4-9-23-21(12-15)28-25(31-23)18-6-5-16(2)20(14-18)27-24(29)11-7-17-13-19(26)8-10-22(17)30-3/h4-14H,1-3H3,(H,27,29)/b11-7+. The second-order valence-corrected chi connectivity index (χ2v) is 8.14. The summed E-state index contributed by atoms with van der Waals surface area (Å²) in [5.74, 6) is 0.970. The van der Waals surface area contributed by atoms with E-state index in [2.05, 4.69) is 26.2 Å². The number of nitrogens with one attached hydrogen (secondary N) is 1. The summed E-state index contributed by atoms with van der Waals surface area (Å²) in [6.45, 7) is 3.96. The number of ether oxygens (including phenoxy) is 1. The number of anilines is 1. The number of aryl methyl sites for hydroxylation is 2. The molecular formula is C25H21BrN2O3. The molecule has 1 aromatic heterocycles. The Morgan fingerprint density at radius 2 is 1.94 bits per heavy atom. The predicted octanol–water partition coefficient (Wildman–Crippen LogP) is 6.53. The Hall–Kier alpha value is -3.38. The number of oxazole rings is 1. The van der Waals surface area contributed by atoms with Gasteiger partial charge in [0.25, 0.3) is 0 Å². The van der Waals surface area contributed by atoms with Crippen molar-refractivity contribution in [2.24, 2.45) is 0 Å². The molecule has 1 N–H and O–H groups in total. The number of rotatable bonds is 5. The molecule has 0 radical (unpaired) electrons. The zero-order valence-corrected chi connectivity index (χ0v) is 19.0. The van der Waals surface area contributed by atoms with E-state index in [4.69, 9.17) is 9.15 Å². The highest BCUT2D eigenvalue weighted by Crippen LogP contribution is 2.29. The molecular weight excluding hydrogens is 456 g/mol. The molecule has 0 fully saturated rings. The first-order chi connectivity index (χ1) is 14.9. The molecule has 31 heavy (non-hydrogen) atoms. The summed E-state index contributed by atoms with van der Waals surface area (Å²) in [6.07, 6.45) is 3.21. The lowest BCUT2D eigenvalue weighted by molar-refractivity contribution is -0.111. The summed E-state index contributed by atoms with van der Waals surface area (Å²) < 4.78 is 12.1. The molecule has 0 spiro atoms. The van der Waals surface area contributed by atoms with Crippen molar-refractivity contribution in [2.45, 2.75) is 13.8 Å².